The normalized spacial score (nSPS) is 19.3. The van der Waals surface area contributed by atoms with Crippen LogP contribution in [0.2, 0.25) is 0 Å². The van der Waals surface area contributed by atoms with Crippen molar-refractivity contribution in [3.05, 3.63) is 54.3 Å². The van der Waals surface area contributed by atoms with Gasteiger partial charge in [-0.15, -0.1) is 11.8 Å². The largest absolute Gasteiger partial charge is 0.372 e. The average Bonchev–Trinajstić information content (AvgIpc) is 2.65. The Bertz CT molecular complexity index is 780. The van der Waals surface area contributed by atoms with Gasteiger partial charge in [0.05, 0.1) is 17.9 Å². The molecule has 2 atom stereocenters. The van der Waals surface area contributed by atoms with Crippen molar-refractivity contribution in [1.82, 2.24) is 5.32 Å². The summed E-state index contributed by atoms with van der Waals surface area (Å²) in [6.07, 6.45) is 0.112. The molecule has 1 aliphatic rings. The smallest absolute Gasteiger partial charge is 0.319 e. The molecule has 0 saturated carbocycles. The number of hydrogen-bond acceptors (Lipinski definition) is 4. The van der Waals surface area contributed by atoms with E-state index in [1.807, 2.05) is 49.1 Å². The average molecular weight is 404 g/mol. The molecule has 0 bridgehead atoms. The Morgan fingerprint density at radius 1 is 1.18 bits per heavy atom. The zero-order chi connectivity index (χ0) is 19.9. The van der Waals surface area contributed by atoms with Crippen molar-refractivity contribution < 1.29 is 13.9 Å². The third-order valence-corrected chi connectivity index (χ3v) is 5.38. The maximum absolute atomic E-state index is 14.6. The molecule has 1 fully saturated rings. The van der Waals surface area contributed by atoms with E-state index >= 15 is 0 Å². The van der Waals surface area contributed by atoms with Gasteiger partial charge in [0.2, 0.25) is 0 Å². The van der Waals surface area contributed by atoms with Gasteiger partial charge in [-0.25, -0.2) is 9.18 Å². The second-order valence-electron chi connectivity index (χ2n) is 6.87. The van der Waals surface area contributed by atoms with Crippen LogP contribution >= 0.6 is 11.8 Å². The minimum absolute atomic E-state index is 0.0560. The lowest BCUT2D eigenvalue weighted by molar-refractivity contribution is -0.00539. The van der Waals surface area contributed by atoms with Crippen LogP contribution in [-0.2, 0) is 4.74 Å². The highest BCUT2D eigenvalue weighted by Gasteiger charge is 2.24. The van der Waals surface area contributed by atoms with Gasteiger partial charge in [0.15, 0.2) is 0 Å². The van der Waals surface area contributed by atoms with Gasteiger partial charge in [-0.2, -0.15) is 0 Å². The number of thioether (sulfide) groups is 1. The molecule has 2 N–H and O–H groups in total. The second kappa shape index (κ2) is 9.80. The van der Waals surface area contributed by atoms with Crippen LogP contribution in [-0.4, -0.2) is 43.6 Å². The first kappa shape index (κ1) is 20.5. The van der Waals surface area contributed by atoms with Crippen LogP contribution in [0.15, 0.2) is 53.4 Å². The number of amides is 2. The van der Waals surface area contributed by atoms with Crippen LogP contribution < -0.4 is 15.5 Å². The minimum atomic E-state index is -0.348. The van der Waals surface area contributed by atoms with Gasteiger partial charge in [0, 0.05) is 36.0 Å². The van der Waals surface area contributed by atoms with E-state index in [1.165, 1.54) is 6.07 Å². The highest BCUT2D eigenvalue weighted by Crippen LogP contribution is 2.26. The SMILES string of the molecule is CC1CN(c2ccc(NC(=O)NCCSc3ccccc3)cc2F)CC(C)O1. The summed E-state index contributed by atoms with van der Waals surface area (Å²) < 4.78 is 20.3. The maximum atomic E-state index is 14.6. The van der Waals surface area contributed by atoms with E-state index in [1.54, 1.807) is 23.9 Å². The molecule has 0 radical (unpaired) electrons. The lowest BCUT2D eigenvalue weighted by atomic mass is 10.2. The molecule has 0 aliphatic carbocycles. The van der Waals surface area contributed by atoms with E-state index in [0.29, 0.717) is 31.0 Å². The molecule has 1 aliphatic heterocycles. The number of halogens is 1. The van der Waals surface area contributed by atoms with Crippen LogP contribution in [0.25, 0.3) is 0 Å². The topological polar surface area (TPSA) is 53.6 Å². The number of ether oxygens (including phenoxy) is 1. The summed E-state index contributed by atoms with van der Waals surface area (Å²) in [5.74, 6) is 0.414. The van der Waals surface area contributed by atoms with Crippen molar-refractivity contribution in [2.45, 2.75) is 31.0 Å². The fourth-order valence-electron chi connectivity index (χ4n) is 3.24. The van der Waals surface area contributed by atoms with Gasteiger partial charge in [-0.05, 0) is 44.2 Å². The van der Waals surface area contributed by atoms with E-state index in [0.717, 1.165) is 10.6 Å². The maximum Gasteiger partial charge on any atom is 0.319 e. The van der Waals surface area contributed by atoms with Crippen molar-refractivity contribution in [3.63, 3.8) is 0 Å². The van der Waals surface area contributed by atoms with Crippen LogP contribution in [0.5, 0.6) is 0 Å². The summed E-state index contributed by atoms with van der Waals surface area (Å²) in [6, 6.07) is 14.5. The van der Waals surface area contributed by atoms with Gasteiger partial charge < -0.3 is 20.3 Å². The first-order valence-corrected chi connectivity index (χ1v) is 10.4. The van der Waals surface area contributed by atoms with E-state index in [9.17, 15) is 9.18 Å². The van der Waals surface area contributed by atoms with Crippen molar-refractivity contribution in [3.8, 4) is 0 Å². The summed E-state index contributed by atoms with van der Waals surface area (Å²) >= 11 is 1.67. The third-order valence-electron chi connectivity index (χ3n) is 4.37. The number of carbonyl (C=O) groups excluding carboxylic acids is 1. The summed E-state index contributed by atoms with van der Waals surface area (Å²) in [6.45, 7) is 5.78. The molecule has 150 valence electrons. The Morgan fingerprint density at radius 2 is 1.89 bits per heavy atom. The Balaban J connectivity index is 1.47. The quantitative estimate of drug-likeness (QED) is 0.556. The Kier molecular flexibility index (Phi) is 7.17. The van der Waals surface area contributed by atoms with Crippen LogP contribution in [0.3, 0.4) is 0 Å². The highest BCUT2D eigenvalue weighted by molar-refractivity contribution is 7.99. The number of morpholine rings is 1. The number of anilines is 2. The summed E-state index contributed by atoms with van der Waals surface area (Å²) in [4.78, 5) is 15.2. The lowest BCUT2D eigenvalue weighted by Crippen LogP contribution is -2.45. The molecule has 2 aromatic rings. The number of carbonyl (C=O) groups is 1. The molecule has 1 heterocycles. The first-order valence-electron chi connectivity index (χ1n) is 9.44. The van der Waals surface area contributed by atoms with Gasteiger partial charge >= 0.3 is 6.03 Å². The molecule has 1 saturated heterocycles. The van der Waals surface area contributed by atoms with E-state index in [-0.39, 0.29) is 24.1 Å². The number of nitrogens with zero attached hydrogens (tertiary/aromatic N) is 1. The summed E-state index contributed by atoms with van der Waals surface area (Å²) in [5, 5.41) is 5.48. The minimum Gasteiger partial charge on any atom is -0.372 e. The zero-order valence-corrected chi connectivity index (χ0v) is 17.0. The fourth-order valence-corrected chi connectivity index (χ4v) is 4.03. The molecule has 0 aromatic heterocycles. The van der Waals surface area contributed by atoms with Gasteiger partial charge in [-0.1, -0.05) is 18.2 Å². The van der Waals surface area contributed by atoms with Gasteiger partial charge in [0.25, 0.3) is 0 Å². The summed E-state index contributed by atoms with van der Waals surface area (Å²) in [7, 11) is 0. The first-order chi connectivity index (χ1) is 13.5. The second-order valence-corrected chi connectivity index (χ2v) is 8.04. The predicted molar refractivity (Wildman–Crippen MR) is 113 cm³/mol. The Morgan fingerprint density at radius 3 is 2.57 bits per heavy atom. The number of urea groups is 1. The monoisotopic (exact) mass is 403 g/mol. The Hall–Kier alpha value is -2.25. The number of nitrogens with one attached hydrogen (secondary N) is 2. The van der Waals surface area contributed by atoms with Crippen LogP contribution in [0.4, 0.5) is 20.6 Å². The van der Waals surface area contributed by atoms with E-state index in [4.69, 9.17) is 4.74 Å². The summed E-state index contributed by atoms with van der Waals surface area (Å²) in [5.41, 5.74) is 0.969. The number of rotatable bonds is 6. The van der Waals surface area contributed by atoms with Crippen LogP contribution in [0.1, 0.15) is 13.8 Å². The molecule has 2 amide bonds. The highest BCUT2D eigenvalue weighted by atomic mass is 32.2. The lowest BCUT2D eigenvalue weighted by Gasteiger charge is -2.37. The molecular formula is C21H26FN3O2S. The van der Waals surface area contributed by atoms with Crippen LogP contribution in [0, 0.1) is 5.82 Å². The third kappa shape index (κ3) is 5.87. The molecule has 28 heavy (non-hydrogen) atoms. The Labute approximate surface area is 169 Å². The zero-order valence-electron chi connectivity index (χ0n) is 16.2. The predicted octanol–water partition coefficient (Wildman–Crippen LogP) is 4.35. The molecule has 2 aromatic carbocycles. The number of benzene rings is 2. The van der Waals surface area contributed by atoms with Gasteiger partial charge in [-0.3, -0.25) is 0 Å². The fraction of sp³-hybridized carbons (Fsp3) is 0.381. The number of hydrogen-bond donors (Lipinski definition) is 2. The molecule has 2 unspecified atom stereocenters. The van der Waals surface area contributed by atoms with Crippen molar-refractivity contribution in [2.75, 3.05) is 35.6 Å². The molecule has 3 rings (SSSR count). The standard InChI is InChI=1S/C21H26FN3O2S/c1-15-13-25(14-16(2)27-15)20-9-8-17(12-19(20)22)24-21(26)23-10-11-28-18-6-4-3-5-7-18/h3-9,12,15-16H,10-11,13-14H2,1-2H3,(H2,23,24,26). The van der Waals surface area contributed by atoms with E-state index in [2.05, 4.69) is 10.6 Å². The molecule has 7 heteroatoms. The van der Waals surface area contributed by atoms with Crippen molar-refractivity contribution in [1.29, 1.82) is 0 Å². The molecule has 0 spiro atoms. The van der Waals surface area contributed by atoms with Gasteiger partial charge in [0.1, 0.15) is 5.82 Å². The molecular weight excluding hydrogens is 377 g/mol. The van der Waals surface area contributed by atoms with Crippen molar-refractivity contribution >= 4 is 29.2 Å². The van der Waals surface area contributed by atoms with E-state index < -0.39 is 0 Å². The molecule has 5 nitrogen and oxygen atoms in total. The van der Waals surface area contributed by atoms with Crippen molar-refractivity contribution in [2.24, 2.45) is 0 Å².